The number of nitrogens with zero attached hydrogens (tertiary/aromatic N) is 5. The van der Waals surface area contributed by atoms with Crippen molar-refractivity contribution in [1.82, 2.24) is 25.1 Å². The highest BCUT2D eigenvalue weighted by molar-refractivity contribution is 6.31. The lowest BCUT2D eigenvalue weighted by molar-refractivity contribution is 0.0541. The van der Waals surface area contributed by atoms with Gasteiger partial charge in [0.2, 0.25) is 0 Å². The van der Waals surface area contributed by atoms with Crippen LogP contribution in [-0.4, -0.2) is 48.1 Å². The van der Waals surface area contributed by atoms with Gasteiger partial charge in [0, 0.05) is 5.02 Å². The molecule has 0 aliphatic heterocycles. The first kappa shape index (κ1) is 14.2. The summed E-state index contributed by atoms with van der Waals surface area (Å²) in [5.41, 5.74) is 0.558. The smallest absolute Gasteiger partial charge is 0.409 e. The number of carbonyl (C=O) groups is 1. The first-order valence-corrected chi connectivity index (χ1v) is 6.07. The molecule has 0 fully saturated rings. The van der Waals surface area contributed by atoms with Crippen molar-refractivity contribution in [3.8, 4) is 0 Å². The van der Waals surface area contributed by atoms with Gasteiger partial charge in [-0.05, 0) is 16.8 Å². The summed E-state index contributed by atoms with van der Waals surface area (Å²) < 4.78 is 0. The molecule has 0 bridgehead atoms. The van der Waals surface area contributed by atoms with Crippen LogP contribution in [-0.2, 0) is 6.54 Å². The Morgan fingerprint density at radius 2 is 2.20 bits per heavy atom. The van der Waals surface area contributed by atoms with Crippen molar-refractivity contribution < 1.29 is 15.0 Å². The van der Waals surface area contributed by atoms with E-state index in [1.54, 1.807) is 24.3 Å². The Hall–Kier alpha value is -2.19. The average molecular weight is 298 g/mol. The molecule has 1 amide bonds. The molecule has 9 heteroatoms. The highest BCUT2D eigenvalue weighted by Crippen LogP contribution is 2.28. The quantitative estimate of drug-likeness (QED) is 0.798. The summed E-state index contributed by atoms with van der Waals surface area (Å²) in [7, 11) is 0. The van der Waals surface area contributed by atoms with Gasteiger partial charge in [0.05, 0.1) is 12.6 Å². The molecular weight excluding hydrogens is 286 g/mol. The molecule has 0 aliphatic rings. The van der Waals surface area contributed by atoms with Crippen LogP contribution in [0.5, 0.6) is 0 Å². The largest absolute Gasteiger partial charge is 0.465 e. The number of aliphatic hydroxyl groups is 1. The Kier molecular flexibility index (Phi) is 4.49. The Morgan fingerprint density at radius 1 is 1.45 bits per heavy atom. The Bertz CT molecular complexity index is 577. The molecule has 0 aliphatic carbocycles. The molecule has 20 heavy (non-hydrogen) atoms. The number of hydrogen-bond acceptors (Lipinski definition) is 5. The summed E-state index contributed by atoms with van der Waals surface area (Å²) in [6.45, 7) is -0.573. The molecule has 1 aromatic heterocycles. The minimum atomic E-state index is -1.27. The molecule has 106 valence electrons. The van der Waals surface area contributed by atoms with E-state index in [0.717, 1.165) is 4.90 Å². The third-order valence-corrected chi connectivity index (χ3v) is 3.11. The van der Waals surface area contributed by atoms with Crippen LogP contribution < -0.4 is 0 Å². The van der Waals surface area contributed by atoms with Gasteiger partial charge in [-0.3, -0.25) is 4.90 Å². The molecule has 1 atom stereocenters. The summed E-state index contributed by atoms with van der Waals surface area (Å²) in [4.78, 5) is 13.3. The van der Waals surface area contributed by atoms with Crippen LogP contribution in [0.25, 0.3) is 0 Å². The first-order valence-electron chi connectivity index (χ1n) is 5.69. The molecule has 0 unspecified atom stereocenters. The van der Waals surface area contributed by atoms with E-state index in [0.29, 0.717) is 10.6 Å². The summed E-state index contributed by atoms with van der Waals surface area (Å²) in [5.74, 6) is 0. The number of halogens is 1. The molecule has 0 saturated heterocycles. The first-order chi connectivity index (χ1) is 9.63. The van der Waals surface area contributed by atoms with Gasteiger partial charge in [0.1, 0.15) is 6.73 Å². The van der Waals surface area contributed by atoms with Gasteiger partial charge in [-0.1, -0.05) is 29.8 Å². The van der Waals surface area contributed by atoms with Gasteiger partial charge in [-0.25, -0.2) is 4.79 Å². The lowest BCUT2D eigenvalue weighted by Crippen LogP contribution is -2.37. The maximum Gasteiger partial charge on any atom is 0.409 e. The number of benzene rings is 1. The van der Waals surface area contributed by atoms with Crippen LogP contribution in [0, 0.1) is 0 Å². The predicted octanol–water partition coefficient (Wildman–Crippen LogP) is 0.998. The lowest BCUT2D eigenvalue weighted by atomic mass is 10.1. The Balaban J connectivity index is 2.38. The van der Waals surface area contributed by atoms with E-state index in [-0.39, 0.29) is 6.54 Å². The van der Waals surface area contributed by atoms with Crippen LogP contribution >= 0.6 is 11.6 Å². The number of carboxylic acid groups (broad SMARTS) is 1. The van der Waals surface area contributed by atoms with Crippen molar-refractivity contribution in [1.29, 1.82) is 0 Å². The van der Waals surface area contributed by atoms with Crippen LogP contribution in [0.4, 0.5) is 4.79 Å². The van der Waals surface area contributed by atoms with Crippen LogP contribution in [0.2, 0.25) is 5.02 Å². The summed E-state index contributed by atoms with van der Waals surface area (Å²) in [6, 6.07) is 6.09. The number of amides is 1. The lowest BCUT2D eigenvalue weighted by Gasteiger charge is -2.27. The molecule has 2 rings (SSSR count). The van der Waals surface area contributed by atoms with E-state index < -0.39 is 18.9 Å². The van der Waals surface area contributed by atoms with Crippen molar-refractivity contribution in [2.45, 2.75) is 12.6 Å². The minimum absolute atomic E-state index is 0.0938. The molecule has 8 nitrogen and oxygen atoms in total. The van der Waals surface area contributed by atoms with E-state index in [9.17, 15) is 15.0 Å². The van der Waals surface area contributed by atoms with E-state index in [4.69, 9.17) is 11.6 Å². The maximum absolute atomic E-state index is 11.2. The monoisotopic (exact) mass is 297 g/mol. The zero-order valence-electron chi connectivity index (χ0n) is 10.3. The molecule has 0 spiro atoms. The third kappa shape index (κ3) is 3.03. The van der Waals surface area contributed by atoms with Crippen molar-refractivity contribution in [3.63, 3.8) is 0 Å². The third-order valence-electron chi connectivity index (χ3n) is 2.77. The predicted molar refractivity (Wildman–Crippen MR) is 69.0 cm³/mol. The zero-order chi connectivity index (χ0) is 14.5. The van der Waals surface area contributed by atoms with Crippen molar-refractivity contribution in [2.75, 3.05) is 6.73 Å². The number of aliphatic hydroxyl groups excluding tert-OH is 1. The summed E-state index contributed by atoms with van der Waals surface area (Å²) in [6.07, 6.45) is -0.0224. The van der Waals surface area contributed by atoms with Crippen LogP contribution in [0.1, 0.15) is 11.6 Å². The zero-order valence-corrected chi connectivity index (χ0v) is 11.1. The van der Waals surface area contributed by atoms with Gasteiger partial charge in [0.25, 0.3) is 0 Å². The van der Waals surface area contributed by atoms with E-state index in [2.05, 4.69) is 15.4 Å². The van der Waals surface area contributed by atoms with Gasteiger partial charge in [0.15, 0.2) is 6.33 Å². The van der Waals surface area contributed by atoms with Crippen molar-refractivity contribution in [3.05, 3.63) is 41.2 Å². The molecule has 0 radical (unpaired) electrons. The van der Waals surface area contributed by atoms with Gasteiger partial charge >= 0.3 is 6.09 Å². The van der Waals surface area contributed by atoms with E-state index in [1.165, 1.54) is 11.1 Å². The van der Waals surface area contributed by atoms with Gasteiger partial charge in [-0.15, -0.1) is 10.2 Å². The van der Waals surface area contributed by atoms with E-state index >= 15 is 0 Å². The van der Waals surface area contributed by atoms with Crippen LogP contribution in [0.15, 0.2) is 30.6 Å². The summed E-state index contributed by atoms with van der Waals surface area (Å²) in [5, 5.41) is 30.0. The number of hydrogen-bond donors (Lipinski definition) is 2. The molecule has 2 aromatic rings. The van der Waals surface area contributed by atoms with Crippen LogP contribution in [0.3, 0.4) is 0 Å². The van der Waals surface area contributed by atoms with E-state index in [1.807, 2.05) is 0 Å². The Morgan fingerprint density at radius 3 is 2.75 bits per heavy atom. The minimum Gasteiger partial charge on any atom is -0.465 e. The average Bonchev–Trinajstić information content (AvgIpc) is 2.92. The van der Waals surface area contributed by atoms with Crippen molar-refractivity contribution in [2.24, 2.45) is 0 Å². The summed E-state index contributed by atoms with van der Waals surface area (Å²) >= 11 is 6.10. The molecule has 1 aromatic carbocycles. The second-order valence-corrected chi connectivity index (χ2v) is 4.33. The highest BCUT2D eigenvalue weighted by atomic mass is 35.5. The number of aromatic nitrogens is 4. The van der Waals surface area contributed by atoms with Gasteiger partial charge in [-0.2, -0.15) is 4.80 Å². The second kappa shape index (κ2) is 6.31. The molecule has 0 saturated carbocycles. The molecular formula is C11H12ClN5O3. The number of tetrazole rings is 1. The fourth-order valence-electron chi connectivity index (χ4n) is 1.83. The fourth-order valence-corrected chi connectivity index (χ4v) is 2.09. The van der Waals surface area contributed by atoms with Gasteiger partial charge < -0.3 is 10.2 Å². The Labute approximate surface area is 119 Å². The standard InChI is InChI=1S/C11H12ClN5O3/c12-9-4-2-1-3-8(9)10(16(7-18)11(19)20)5-17-14-6-13-15-17/h1-4,6,10,18H,5,7H2,(H,19,20)/t10-/m0/s1. The highest BCUT2D eigenvalue weighted by Gasteiger charge is 2.27. The number of rotatable bonds is 5. The van der Waals surface area contributed by atoms with Crippen molar-refractivity contribution >= 4 is 17.7 Å². The molecule has 2 N–H and O–H groups in total. The molecule has 1 heterocycles. The fraction of sp³-hybridized carbons (Fsp3) is 0.273. The maximum atomic E-state index is 11.2. The normalized spacial score (nSPS) is 12.1. The SMILES string of the molecule is O=C(O)N(CO)[C@@H](Cn1ncnn1)c1ccccc1Cl. The topological polar surface area (TPSA) is 104 Å². The second-order valence-electron chi connectivity index (χ2n) is 3.92.